The van der Waals surface area contributed by atoms with E-state index in [1.165, 1.54) is 12.3 Å². The molecule has 0 bridgehead atoms. The normalized spacial score (nSPS) is 16.2. The third-order valence-corrected chi connectivity index (χ3v) is 3.27. The van der Waals surface area contributed by atoms with Gasteiger partial charge >= 0.3 is 0 Å². The van der Waals surface area contributed by atoms with Gasteiger partial charge in [0.1, 0.15) is 10.5 Å². The van der Waals surface area contributed by atoms with Gasteiger partial charge in [-0.15, -0.1) is 0 Å². The molecule has 1 heterocycles. The van der Waals surface area contributed by atoms with E-state index in [2.05, 4.69) is 4.98 Å². The van der Waals surface area contributed by atoms with Gasteiger partial charge in [0, 0.05) is 6.07 Å². The van der Waals surface area contributed by atoms with Gasteiger partial charge in [-0.25, -0.2) is 18.5 Å². The molecule has 0 aliphatic heterocycles. The lowest BCUT2D eigenvalue weighted by molar-refractivity contribution is 0.123. The van der Waals surface area contributed by atoms with Crippen molar-refractivity contribution in [3.63, 3.8) is 0 Å². The number of ether oxygens (including phenoxy) is 2. The molecular formula is C12H18N2O4S. The maximum absolute atomic E-state index is 11.6. The van der Waals surface area contributed by atoms with Crippen molar-refractivity contribution in [3.8, 4) is 11.6 Å². The molecule has 0 atom stereocenters. The molecule has 2 rings (SSSR count). The highest BCUT2D eigenvalue weighted by molar-refractivity contribution is 7.89. The summed E-state index contributed by atoms with van der Waals surface area (Å²) < 4.78 is 34.2. The zero-order valence-electron chi connectivity index (χ0n) is 11.2. The van der Waals surface area contributed by atoms with E-state index in [1.54, 1.807) is 0 Å². The van der Waals surface area contributed by atoms with Crippen molar-refractivity contribution in [1.29, 1.82) is 0 Å². The second-order valence-corrected chi connectivity index (χ2v) is 7.08. The number of hydrogen-bond acceptors (Lipinski definition) is 5. The average Bonchev–Trinajstić information content (AvgIpc) is 3.00. The molecule has 1 aliphatic carbocycles. The first-order valence-electron chi connectivity index (χ1n) is 6.04. The summed E-state index contributed by atoms with van der Waals surface area (Å²) in [5.74, 6) is 0.394. The second-order valence-electron chi connectivity index (χ2n) is 5.55. The number of sulfonamides is 1. The lowest BCUT2D eigenvalue weighted by Crippen LogP contribution is -2.24. The van der Waals surface area contributed by atoms with E-state index in [-0.39, 0.29) is 22.6 Å². The SMILES string of the molecule is CC(C)(C)Oc1cc(S(N)(=O)=O)c(OC2CC2)cn1. The van der Waals surface area contributed by atoms with Crippen molar-refractivity contribution in [2.45, 2.75) is 50.2 Å². The summed E-state index contributed by atoms with van der Waals surface area (Å²) in [7, 11) is -3.87. The summed E-state index contributed by atoms with van der Waals surface area (Å²) >= 11 is 0. The molecule has 1 aromatic rings. The number of nitrogens with zero attached hydrogens (tertiary/aromatic N) is 1. The molecule has 0 radical (unpaired) electrons. The fourth-order valence-electron chi connectivity index (χ4n) is 1.45. The van der Waals surface area contributed by atoms with Gasteiger partial charge in [-0.2, -0.15) is 0 Å². The lowest BCUT2D eigenvalue weighted by Gasteiger charge is -2.21. The minimum Gasteiger partial charge on any atom is -0.487 e. The van der Waals surface area contributed by atoms with Gasteiger partial charge in [-0.1, -0.05) is 0 Å². The first kappa shape index (κ1) is 14.1. The average molecular weight is 286 g/mol. The predicted molar refractivity (Wildman–Crippen MR) is 69.6 cm³/mol. The number of aromatic nitrogens is 1. The highest BCUT2D eigenvalue weighted by Gasteiger charge is 2.27. The van der Waals surface area contributed by atoms with Crippen molar-refractivity contribution >= 4 is 10.0 Å². The molecule has 1 fully saturated rings. The van der Waals surface area contributed by atoms with Crippen LogP contribution in [0.25, 0.3) is 0 Å². The number of nitrogens with two attached hydrogens (primary N) is 1. The Hall–Kier alpha value is -1.34. The molecule has 2 N–H and O–H groups in total. The predicted octanol–water partition coefficient (Wildman–Crippen LogP) is 1.45. The van der Waals surface area contributed by atoms with Crippen molar-refractivity contribution < 1.29 is 17.9 Å². The van der Waals surface area contributed by atoms with Crippen LogP contribution in [0, 0.1) is 0 Å². The summed E-state index contributed by atoms with van der Waals surface area (Å²) in [6, 6.07) is 1.30. The fourth-order valence-corrected chi connectivity index (χ4v) is 2.10. The topological polar surface area (TPSA) is 91.5 Å². The molecule has 106 valence electrons. The van der Waals surface area contributed by atoms with Crippen molar-refractivity contribution in [1.82, 2.24) is 4.98 Å². The molecule has 0 saturated heterocycles. The zero-order valence-corrected chi connectivity index (χ0v) is 12.0. The van der Waals surface area contributed by atoms with E-state index in [0.717, 1.165) is 12.8 Å². The zero-order chi connectivity index (χ0) is 14.3. The standard InChI is InChI=1S/C12H18N2O4S/c1-12(2,3)18-11-6-10(19(13,15)16)9(7-14-11)17-8-4-5-8/h6-8H,4-5H2,1-3H3,(H2,13,15,16). The summed E-state index contributed by atoms with van der Waals surface area (Å²) in [6.07, 6.45) is 3.25. The van der Waals surface area contributed by atoms with Gasteiger partial charge < -0.3 is 9.47 Å². The molecule has 0 spiro atoms. The highest BCUT2D eigenvalue weighted by atomic mass is 32.2. The molecular weight excluding hydrogens is 268 g/mol. The van der Waals surface area contributed by atoms with Crippen LogP contribution in [0.1, 0.15) is 33.6 Å². The molecule has 1 aliphatic rings. The number of pyridine rings is 1. The monoisotopic (exact) mass is 286 g/mol. The van der Waals surface area contributed by atoms with Crippen LogP contribution in [0.2, 0.25) is 0 Å². The quantitative estimate of drug-likeness (QED) is 0.904. The molecule has 0 unspecified atom stereocenters. The Kier molecular flexibility index (Phi) is 3.44. The van der Waals surface area contributed by atoms with Gasteiger partial charge in [0.05, 0.1) is 12.3 Å². The van der Waals surface area contributed by atoms with Gasteiger partial charge in [-0.05, 0) is 33.6 Å². The Labute approximate surface area is 113 Å². The number of rotatable bonds is 4. The van der Waals surface area contributed by atoms with E-state index < -0.39 is 15.6 Å². The molecule has 7 heteroatoms. The van der Waals surface area contributed by atoms with Crippen LogP contribution >= 0.6 is 0 Å². The van der Waals surface area contributed by atoms with Crippen LogP contribution in [0.4, 0.5) is 0 Å². The maximum Gasteiger partial charge on any atom is 0.241 e. The molecule has 19 heavy (non-hydrogen) atoms. The van der Waals surface area contributed by atoms with E-state index in [9.17, 15) is 8.42 Å². The van der Waals surface area contributed by atoms with Crippen LogP contribution < -0.4 is 14.6 Å². The number of primary sulfonamides is 1. The lowest BCUT2D eigenvalue weighted by atomic mass is 10.2. The Bertz CT molecular complexity index is 574. The first-order chi connectivity index (χ1) is 8.65. The molecule has 0 amide bonds. The van der Waals surface area contributed by atoms with Gasteiger partial charge in [0.2, 0.25) is 15.9 Å². The summed E-state index contributed by atoms with van der Waals surface area (Å²) in [4.78, 5) is 3.96. The van der Waals surface area contributed by atoms with E-state index in [1.807, 2.05) is 20.8 Å². The van der Waals surface area contributed by atoms with Crippen molar-refractivity contribution in [3.05, 3.63) is 12.3 Å². The van der Waals surface area contributed by atoms with Crippen molar-refractivity contribution in [2.75, 3.05) is 0 Å². The Morgan fingerprint density at radius 3 is 2.47 bits per heavy atom. The smallest absolute Gasteiger partial charge is 0.241 e. The minimum absolute atomic E-state index is 0.0664. The third-order valence-electron chi connectivity index (χ3n) is 2.34. The van der Waals surface area contributed by atoms with Crippen molar-refractivity contribution in [2.24, 2.45) is 5.14 Å². The minimum atomic E-state index is -3.87. The molecule has 1 aromatic heterocycles. The van der Waals surface area contributed by atoms with Gasteiger partial charge in [0.25, 0.3) is 0 Å². The third kappa shape index (κ3) is 4.07. The van der Waals surface area contributed by atoms with E-state index in [0.29, 0.717) is 0 Å². The number of hydrogen-bond donors (Lipinski definition) is 1. The second kappa shape index (κ2) is 4.64. The summed E-state index contributed by atoms with van der Waals surface area (Å²) in [6.45, 7) is 5.54. The molecule has 0 aromatic carbocycles. The van der Waals surface area contributed by atoms with Gasteiger partial charge in [0.15, 0.2) is 5.75 Å². The molecule has 1 saturated carbocycles. The van der Waals surface area contributed by atoms with E-state index >= 15 is 0 Å². The largest absolute Gasteiger partial charge is 0.487 e. The van der Waals surface area contributed by atoms with Gasteiger partial charge in [-0.3, -0.25) is 0 Å². The summed E-state index contributed by atoms with van der Waals surface area (Å²) in [5.41, 5.74) is -0.471. The Balaban J connectivity index is 2.35. The van der Waals surface area contributed by atoms with Crippen LogP contribution in [-0.4, -0.2) is 25.1 Å². The maximum atomic E-state index is 11.6. The Morgan fingerprint density at radius 1 is 1.37 bits per heavy atom. The fraction of sp³-hybridized carbons (Fsp3) is 0.583. The first-order valence-corrected chi connectivity index (χ1v) is 7.58. The van der Waals surface area contributed by atoms with E-state index in [4.69, 9.17) is 14.6 Å². The van der Waals surface area contributed by atoms with Crippen LogP contribution in [0.3, 0.4) is 0 Å². The van der Waals surface area contributed by atoms with Crippen LogP contribution in [0.5, 0.6) is 11.6 Å². The van der Waals surface area contributed by atoms with Crippen LogP contribution in [0.15, 0.2) is 17.2 Å². The summed E-state index contributed by atoms with van der Waals surface area (Å²) in [5, 5.41) is 5.20. The molecule has 6 nitrogen and oxygen atoms in total. The Morgan fingerprint density at radius 2 is 2.00 bits per heavy atom. The van der Waals surface area contributed by atoms with Crippen LogP contribution in [-0.2, 0) is 10.0 Å². The highest BCUT2D eigenvalue weighted by Crippen LogP contribution is 2.32.